The van der Waals surface area contributed by atoms with Gasteiger partial charge >= 0.3 is 5.97 Å². The molecule has 1 aliphatic carbocycles. The van der Waals surface area contributed by atoms with Gasteiger partial charge in [-0.2, -0.15) is 0 Å². The summed E-state index contributed by atoms with van der Waals surface area (Å²) < 4.78 is 19.0. The Morgan fingerprint density at radius 2 is 2.25 bits per heavy atom. The second-order valence-corrected chi connectivity index (χ2v) is 5.26. The van der Waals surface area contributed by atoms with Crippen LogP contribution in [0.1, 0.15) is 44.2 Å². The molecule has 3 nitrogen and oxygen atoms in total. The molecule has 1 aliphatic rings. The number of benzene rings is 1. The second kappa shape index (κ2) is 6.35. The lowest BCUT2D eigenvalue weighted by molar-refractivity contribution is -0.145. The van der Waals surface area contributed by atoms with Crippen molar-refractivity contribution in [2.24, 2.45) is 0 Å². The molecular formula is C16H22FNO2. The third-order valence-electron chi connectivity index (χ3n) is 3.90. The molecule has 1 atom stereocenters. The van der Waals surface area contributed by atoms with Crippen LogP contribution in [0, 0.1) is 5.82 Å². The number of halogens is 1. The maximum absolute atomic E-state index is 13.9. The lowest BCUT2D eigenvalue weighted by atomic mass is 9.88. The van der Waals surface area contributed by atoms with Gasteiger partial charge in [-0.15, -0.1) is 0 Å². The number of rotatable bonds is 6. The van der Waals surface area contributed by atoms with Crippen LogP contribution in [0.3, 0.4) is 0 Å². The van der Waals surface area contributed by atoms with Crippen LogP contribution in [0.25, 0.3) is 0 Å². The van der Waals surface area contributed by atoms with E-state index in [-0.39, 0.29) is 18.2 Å². The van der Waals surface area contributed by atoms with Crippen molar-refractivity contribution in [1.29, 1.82) is 0 Å². The summed E-state index contributed by atoms with van der Waals surface area (Å²) in [5.74, 6) is -0.403. The highest BCUT2D eigenvalue weighted by Crippen LogP contribution is 2.40. The minimum Gasteiger partial charge on any atom is -0.466 e. The van der Waals surface area contributed by atoms with Gasteiger partial charge < -0.3 is 10.1 Å². The van der Waals surface area contributed by atoms with E-state index >= 15 is 0 Å². The third-order valence-corrected chi connectivity index (χ3v) is 3.90. The quantitative estimate of drug-likeness (QED) is 0.814. The van der Waals surface area contributed by atoms with Crippen molar-refractivity contribution in [2.45, 2.75) is 45.1 Å². The van der Waals surface area contributed by atoms with Gasteiger partial charge in [-0.25, -0.2) is 4.39 Å². The van der Waals surface area contributed by atoms with E-state index in [0.29, 0.717) is 13.0 Å². The Morgan fingerprint density at radius 3 is 2.95 bits per heavy atom. The third kappa shape index (κ3) is 2.85. The van der Waals surface area contributed by atoms with Crippen molar-refractivity contribution >= 4 is 5.97 Å². The molecule has 1 aromatic carbocycles. The monoisotopic (exact) mass is 279 g/mol. The molecule has 0 saturated carbocycles. The Balaban J connectivity index is 2.31. The van der Waals surface area contributed by atoms with E-state index in [0.717, 1.165) is 30.5 Å². The average Bonchev–Trinajstić information content (AvgIpc) is 2.78. The molecule has 20 heavy (non-hydrogen) atoms. The number of ether oxygens (including phenoxy) is 1. The van der Waals surface area contributed by atoms with Crippen molar-refractivity contribution < 1.29 is 13.9 Å². The predicted molar refractivity (Wildman–Crippen MR) is 75.9 cm³/mol. The van der Waals surface area contributed by atoms with Crippen LogP contribution in [-0.4, -0.2) is 19.1 Å². The highest BCUT2D eigenvalue weighted by atomic mass is 19.1. The molecule has 1 unspecified atom stereocenters. The number of hydrogen-bond acceptors (Lipinski definition) is 3. The normalized spacial score (nSPS) is 20.8. The maximum Gasteiger partial charge on any atom is 0.308 e. The van der Waals surface area contributed by atoms with Gasteiger partial charge in [-0.05, 0) is 49.9 Å². The molecule has 0 saturated heterocycles. The van der Waals surface area contributed by atoms with E-state index in [4.69, 9.17) is 4.74 Å². The average molecular weight is 279 g/mol. The van der Waals surface area contributed by atoms with Crippen LogP contribution in [0.5, 0.6) is 0 Å². The first-order chi connectivity index (χ1) is 9.63. The molecular weight excluding hydrogens is 257 g/mol. The number of esters is 1. The zero-order valence-electron chi connectivity index (χ0n) is 12.2. The van der Waals surface area contributed by atoms with Gasteiger partial charge in [-0.1, -0.05) is 19.1 Å². The zero-order chi connectivity index (χ0) is 14.6. The molecule has 0 heterocycles. The molecule has 0 aliphatic heterocycles. The van der Waals surface area contributed by atoms with E-state index in [9.17, 15) is 9.18 Å². The molecule has 0 amide bonds. The van der Waals surface area contributed by atoms with Crippen LogP contribution < -0.4 is 5.32 Å². The predicted octanol–water partition coefficient (Wildman–Crippen LogP) is 2.92. The van der Waals surface area contributed by atoms with Gasteiger partial charge in [0.2, 0.25) is 0 Å². The fraction of sp³-hybridized carbons (Fsp3) is 0.562. The summed E-state index contributed by atoms with van der Waals surface area (Å²) in [6.07, 6.45) is 2.63. The lowest BCUT2D eigenvalue weighted by Crippen LogP contribution is -2.43. The molecule has 0 bridgehead atoms. The largest absolute Gasteiger partial charge is 0.466 e. The summed E-state index contributed by atoms with van der Waals surface area (Å²) in [5.41, 5.74) is 1.18. The molecule has 0 aromatic heterocycles. The molecule has 4 heteroatoms. The van der Waals surface area contributed by atoms with Gasteiger partial charge in [0.1, 0.15) is 5.82 Å². The molecule has 1 N–H and O–H groups in total. The van der Waals surface area contributed by atoms with Crippen LogP contribution >= 0.6 is 0 Å². The Morgan fingerprint density at radius 1 is 1.45 bits per heavy atom. The highest BCUT2D eigenvalue weighted by Gasteiger charge is 2.41. The standard InChI is InChI=1S/C16H22FNO2/c1-3-10-18-16(11-15(19)20-4-2)9-8-12-13(16)6-5-7-14(12)17/h5-7,18H,3-4,8-11H2,1-2H3. The highest BCUT2D eigenvalue weighted by molar-refractivity contribution is 5.72. The SMILES string of the molecule is CCCNC1(CC(=O)OCC)CCc2c(F)cccc21. The topological polar surface area (TPSA) is 38.3 Å². The van der Waals surface area contributed by atoms with Crippen LogP contribution in [-0.2, 0) is 21.5 Å². The summed E-state index contributed by atoms with van der Waals surface area (Å²) >= 11 is 0. The molecule has 0 spiro atoms. The van der Waals surface area contributed by atoms with Crippen molar-refractivity contribution in [3.05, 3.63) is 35.1 Å². The van der Waals surface area contributed by atoms with Crippen molar-refractivity contribution in [1.82, 2.24) is 5.32 Å². The Kier molecular flexibility index (Phi) is 4.76. The van der Waals surface area contributed by atoms with E-state index in [1.807, 2.05) is 6.07 Å². The Bertz CT molecular complexity index is 489. The maximum atomic E-state index is 13.9. The number of carbonyl (C=O) groups is 1. The van der Waals surface area contributed by atoms with Gasteiger partial charge in [0.05, 0.1) is 18.6 Å². The Labute approximate surface area is 119 Å². The van der Waals surface area contributed by atoms with E-state index in [1.165, 1.54) is 6.07 Å². The molecule has 1 aromatic rings. The van der Waals surface area contributed by atoms with Gasteiger partial charge in [-0.3, -0.25) is 4.79 Å². The fourth-order valence-corrected chi connectivity index (χ4v) is 2.99. The molecule has 110 valence electrons. The zero-order valence-corrected chi connectivity index (χ0v) is 12.2. The van der Waals surface area contributed by atoms with Crippen molar-refractivity contribution in [2.75, 3.05) is 13.2 Å². The summed E-state index contributed by atoms with van der Waals surface area (Å²) in [4.78, 5) is 11.9. The molecule has 0 fully saturated rings. The smallest absolute Gasteiger partial charge is 0.308 e. The molecule has 2 rings (SSSR count). The van der Waals surface area contributed by atoms with Gasteiger partial charge in [0.15, 0.2) is 0 Å². The minimum absolute atomic E-state index is 0.175. The second-order valence-electron chi connectivity index (χ2n) is 5.26. The van der Waals surface area contributed by atoms with Crippen LogP contribution in [0.2, 0.25) is 0 Å². The van der Waals surface area contributed by atoms with Gasteiger partial charge in [0.25, 0.3) is 0 Å². The summed E-state index contributed by atoms with van der Waals surface area (Å²) in [6.45, 7) is 5.05. The summed E-state index contributed by atoms with van der Waals surface area (Å²) in [5, 5.41) is 3.45. The summed E-state index contributed by atoms with van der Waals surface area (Å²) in [6, 6.07) is 5.12. The van der Waals surface area contributed by atoms with Gasteiger partial charge in [0, 0.05) is 0 Å². The summed E-state index contributed by atoms with van der Waals surface area (Å²) in [7, 11) is 0. The number of carbonyl (C=O) groups excluding carboxylic acids is 1. The van der Waals surface area contributed by atoms with Crippen LogP contribution in [0.15, 0.2) is 18.2 Å². The van der Waals surface area contributed by atoms with E-state index in [2.05, 4.69) is 12.2 Å². The lowest BCUT2D eigenvalue weighted by Gasteiger charge is -2.31. The molecule has 0 radical (unpaired) electrons. The van der Waals surface area contributed by atoms with Crippen molar-refractivity contribution in [3.8, 4) is 0 Å². The Hall–Kier alpha value is -1.42. The van der Waals surface area contributed by atoms with Crippen molar-refractivity contribution in [3.63, 3.8) is 0 Å². The van der Waals surface area contributed by atoms with Crippen LogP contribution in [0.4, 0.5) is 4.39 Å². The first-order valence-corrected chi connectivity index (χ1v) is 7.31. The van der Waals surface area contributed by atoms with E-state index in [1.54, 1.807) is 13.0 Å². The first-order valence-electron chi connectivity index (χ1n) is 7.31. The number of nitrogens with one attached hydrogen (secondary N) is 1. The first kappa shape index (κ1) is 15.0. The number of hydrogen-bond donors (Lipinski definition) is 1. The van der Waals surface area contributed by atoms with E-state index < -0.39 is 5.54 Å². The number of fused-ring (bicyclic) bond motifs is 1. The minimum atomic E-state index is -0.473. The fourth-order valence-electron chi connectivity index (χ4n) is 2.99.